The molecule has 0 spiro atoms. The van der Waals surface area contributed by atoms with Crippen molar-refractivity contribution in [3.05, 3.63) is 36.3 Å². The van der Waals surface area contributed by atoms with Gasteiger partial charge in [0.15, 0.2) is 11.5 Å². The van der Waals surface area contributed by atoms with Gasteiger partial charge in [-0.2, -0.15) is 0 Å². The molecule has 2 N–H and O–H groups in total. The number of hydrogen-bond acceptors (Lipinski definition) is 7. The number of nitrogens with zero attached hydrogens (tertiary/aromatic N) is 4. The van der Waals surface area contributed by atoms with Gasteiger partial charge in [-0.15, -0.1) is 0 Å². The number of anilines is 2. The lowest BCUT2D eigenvalue weighted by atomic mass is 10.2. The fourth-order valence-corrected chi connectivity index (χ4v) is 2.08. The highest BCUT2D eigenvalue weighted by Gasteiger charge is 2.27. The second kappa shape index (κ2) is 7.10. The molecule has 23 heavy (non-hydrogen) atoms. The third-order valence-corrected chi connectivity index (χ3v) is 3.42. The Hall–Kier alpha value is -2.61. The van der Waals surface area contributed by atoms with Crippen LogP contribution in [0, 0.1) is 0 Å². The molecule has 0 radical (unpaired) electrons. The zero-order chi connectivity index (χ0) is 16.1. The zero-order valence-corrected chi connectivity index (χ0v) is 12.8. The van der Waals surface area contributed by atoms with E-state index in [2.05, 4.69) is 30.6 Å². The van der Waals surface area contributed by atoms with E-state index in [9.17, 15) is 4.79 Å². The Bertz CT molecular complexity index is 675. The smallest absolute Gasteiger partial charge is 0.273 e. The summed E-state index contributed by atoms with van der Waals surface area (Å²) in [7, 11) is 1.59. The molecular weight excluding hydrogens is 296 g/mol. The van der Waals surface area contributed by atoms with Gasteiger partial charge in [-0.1, -0.05) is 0 Å². The molecule has 1 fully saturated rings. The average molecular weight is 314 g/mol. The van der Waals surface area contributed by atoms with Gasteiger partial charge in [0.25, 0.3) is 5.91 Å². The molecule has 0 aliphatic heterocycles. The Kier molecular flexibility index (Phi) is 4.72. The summed E-state index contributed by atoms with van der Waals surface area (Å²) in [6.45, 7) is 0.856. The number of carbonyl (C=O) groups excluding carboxylic acids is 1. The minimum absolute atomic E-state index is 0.273. The van der Waals surface area contributed by atoms with E-state index in [4.69, 9.17) is 4.74 Å². The second-order valence-electron chi connectivity index (χ2n) is 5.27. The summed E-state index contributed by atoms with van der Waals surface area (Å²) in [5, 5.41) is 5.81. The van der Waals surface area contributed by atoms with E-state index in [0.29, 0.717) is 30.6 Å². The topological polar surface area (TPSA) is 102 Å². The van der Waals surface area contributed by atoms with Crippen LogP contribution in [0.5, 0.6) is 0 Å². The first-order valence-electron chi connectivity index (χ1n) is 7.44. The summed E-state index contributed by atoms with van der Waals surface area (Å²) in [5.41, 5.74) is 1.78. The number of carbonyl (C=O) groups is 1. The molecule has 1 aliphatic rings. The molecule has 0 bridgehead atoms. The molecule has 0 atom stereocenters. The Balaban J connectivity index is 1.83. The number of ether oxygens (including phenoxy) is 1. The van der Waals surface area contributed by atoms with Gasteiger partial charge in [0.05, 0.1) is 36.6 Å². The largest absolute Gasteiger partial charge is 0.383 e. The van der Waals surface area contributed by atoms with Gasteiger partial charge in [-0.25, -0.2) is 19.9 Å². The SMILES string of the molecule is COCCNC(=O)c1nc(C2CC2)cnc1Nc1cncnc1. The van der Waals surface area contributed by atoms with Crippen LogP contribution in [0.25, 0.3) is 0 Å². The Morgan fingerprint density at radius 3 is 2.78 bits per heavy atom. The maximum atomic E-state index is 12.4. The molecule has 1 aliphatic carbocycles. The normalized spacial score (nSPS) is 13.6. The minimum atomic E-state index is -0.281. The molecule has 8 heteroatoms. The molecule has 2 heterocycles. The van der Waals surface area contributed by atoms with Crippen molar-refractivity contribution in [1.82, 2.24) is 25.3 Å². The lowest BCUT2D eigenvalue weighted by Crippen LogP contribution is -2.29. The van der Waals surface area contributed by atoms with Gasteiger partial charge >= 0.3 is 0 Å². The van der Waals surface area contributed by atoms with Crippen molar-refractivity contribution in [3.8, 4) is 0 Å². The summed E-state index contributed by atoms with van der Waals surface area (Å²) in [4.78, 5) is 29.1. The van der Waals surface area contributed by atoms with Crippen LogP contribution in [-0.2, 0) is 4.74 Å². The monoisotopic (exact) mass is 314 g/mol. The van der Waals surface area contributed by atoms with Crippen LogP contribution in [0.2, 0.25) is 0 Å². The highest BCUT2D eigenvalue weighted by atomic mass is 16.5. The van der Waals surface area contributed by atoms with Gasteiger partial charge in [0, 0.05) is 19.6 Å². The summed E-state index contributed by atoms with van der Waals surface area (Å²) in [6, 6.07) is 0. The molecular formula is C15H18N6O2. The molecule has 2 aromatic rings. The van der Waals surface area contributed by atoms with E-state index in [-0.39, 0.29) is 11.6 Å². The Morgan fingerprint density at radius 1 is 1.30 bits per heavy atom. The van der Waals surface area contributed by atoms with Gasteiger partial charge < -0.3 is 15.4 Å². The van der Waals surface area contributed by atoms with Crippen molar-refractivity contribution in [2.75, 3.05) is 25.6 Å². The third kappa shape index (κ3) is 3.98. The van der Waals surface area contributed by atoms with Crippen molar-refractivity contribution in [2.45, 2.75) is 18.8 Å². The lowest BCUT2D eigenvalue weighted by molar-refractivity contribution is 0.0932. The maximum Gasteiger partial charge on any atom is 0.273 e. The number of methoxy groups -OCH3 is 1. The number of rotatable bonds is 7. The van der Waals surface area contributed by atoms with Crippen LogP contribution in [-0.4, -0.2) is 46.1 Å². The van der Waals surface area contributed by atoms with Crippen molar-refractivity contribution in [1.29, 1.82) is 0 Å². The minimum Gasteiger partial charge on any atom is -0.383 e. The molecule has 0 saturated heterocycles. The Morgan fingerprint density at radius 2 is 2.09 bits per heavy atom. The van der Waals surface area contributed by atoms with Gasteiger partial charge in [-0.05, 0) is 12.8 Å². The van der Waals surface area contributed by atoms with E-state index >= 15 is 0 Å². The zero-order valence-electron chi connectivity index (χ0n) is 12.8. The predicted octanol–water partition coefficient (Wildman–Crippen LogP) is 1.26. The molecule has 0 aromatic carbocycles. The van der Waals surface area contributed by atoms with E-state index < -0.39 is 0 Å². The predicted molar refractivity (Wildman–Crippen MR) is 83.5 cm³/mol. The summed E-state index contributed by atoms with van der Waals surface area (Å²) in [6.07, 6.45) is 8.56. The number of nitrogens with one attached hydrogen (secondary N) is 2. The van der Waals surface area contributed by atoms with Crippen LogP contribution in [0.15, 0.2) is 24.9 Å². The standard InChI is InChI=1S/C15H18N6O2/c1-23-5-4-18-15(22)13-14(20-11-6-16-9-17-7-11)19-8-12(21-13)10-2-3-10/h6-10H,2-5H2,1H3,(H,18,22)(H,19,20). The fraction of sp³-hybridized carbons (Fsp3) is 0.400. The first-order chi connectivity index (χ1) is 11.3. The number of hydrogen-bond donors (Lipinski definition) is 2. The third-order valence-electron chi connectivity index (χ3n) is 3.42. The summed E-state index contributed by atoms with van der Waals surface area (Å²) in [5.74, 6) is 0.526. The molecule has 120 valence electrons. The van der Waals surface area contributed by atoms with Crippen molar-refractivity contribution in [2.24, 2.45) is 0 Å². The van der Waals surface area contributed by atoms with E-state index in [1.165, 1.54) is 6.33 Å². The molecule has 0 unspecified atom stereocenters. The van der Waals surface area contributed by atoms with Gasteiger partial charge in [-0.3, -0.25) is 4.79 Å². The van der Waals surface area contributed by atoms with E-state index in [1.807, 2.05) is 0 Å². The summed E-state index contributed by atoms with van der Waals surface area (Å²) < 4.78 is 4.94. The summed E-state index contributed by atoms with van der Waals surface area (Å²) >= 11 is 0. The van der Waals surface area contributed by atoms with Gasteiger partial charge in [0.1, 0.15) is 6.33 Å². The number of amides is 1. The van der Waals surface area contributed by atoms with Crippen LogP contribution < -0.4 is 10.6 Å². The van der Waals surface area contributed by atoms with E-state index in [0.717, 1.165) is 18.5 Å². The first kappa shape index (κ1) is 15.3. The van der Waals surface area contributed by atoms with Crippen molar-refractivity contribution in [3.63, 3.8) is 0 Å². The van der Waals surface area contributed by atoms with Crippen LogP contribution >= 0.6 is 0 Å². The van der Waals surface area contributed by atoms with Crippen molar-refractivity contribution >= 4 is 17.4 Å². The fourth-order valence-electron chi connectivity index (χ4n) is 2.08. The molecule has 1 amide bonds. The van der Waals surface area contributed by atoms with Crippen LogP contribution in [0.3, 0.4) is 0 Å². The first-order valence-corrected chi connectivity index (χ1v) is 7.44. The highest BCUT2D eigenvalue weighted by Crippen LogP contribution is 2.39. The lowest BCUT2D eigenvalue weighted by Gasteiger charge is -2.11. The molecule has 8 nitrogen and oxygen atoms in total. The molecule has 1 saturated carbocycles. The molecule has 2 aromatic heterocycles. The van der Waals surface area contributed by atoms with Crippen molar-refractivity contribution < 1.29 is 9.53 Å². The maximum absolute atomic E-state index is 12.4. The quantitative estimate of drug-likeness (QED) is 0.742. The Labute approximate surface area is 133 Å². The number of aromatic nitrogens is 4. The molecule has 3 rings (SSSR count). The van der Waals surface area contributed by atoms with Crippen LogP contribution in [0.4, 0.5) is 11.5 Å². The van der Waals surface area contributed by atoms with Crippen LogP contribution in [0.1, 0.15) is 34.9 Å². The van der Waals surface area contributed by atoms with E-state index in [1.54, 1.807) is 25.7 Å². The second-order valence-corrected chi connectivity index (χ2v) is 5.27. The average Bonchev–Trinajstić information content (AvgIpc) is 3.41. The van der Waals surface area contributed by atoms with Gasteiger partial charge in [0.2, 0.25) is 0 Å². The highest BCUT2D eigenvalue weighted by molar-refractivity contribution is 5.97.